The molecule has 0 bridgehead atoms. The number of nitrogens with one attached hydrogen (secondary N) is 1. The molecule has 1 aliphatic heterocycles. The molecule has 0 aliphatic carbocycles. The number of piperidine rings is 1. The molecule has 0 unspecified atom stereocenters. The van der Waals surface area contributed by atoms with Gasteiger partial charge in [-0.2, -0.15) is 0 Å². The maximum Gasteiger partial charge on any atom is 0.274 e. The Labute approximate surface area is 154 Å². The number of likely N-dealkylation sites (tertiary alicyclic amines) is 1. The van der Waals surface area contributed by atoms with Crippen molar-refractivity contribution in [1.82, 2.24) is 14.9 Å². The van der Waals surface area contributed by atoms with Crippen LogP contribution in [0.1, 0.15) is 35.8 Å². The van der Waals surface area contributed by atoms with E-state index in [1.807, 2.05) is 29.2 Å². The van der Waals surface area contributed by atoms with Crippen molar-refractivity contribution in [2.75, 3.05) is 32.1 Å². The highest BCUT2D eigenvalue weighted by atomic mass is 16.5. The number of carbonyl (C=O) groups excluding carboxylic acids is 1. The van der Waals surface area contributed by atoms with Gasteiger partial charge in [-0.15, -0.1) is 0 Å². The lowest BCUT2D eigenvalue weighted by molar-refractivity contribution is 0.0691. The summed E-state index contributed by atoms with van der Waals surface area (Å²) in [6, 6.07) is 8.01. The molecule has 1 aliphatic rings. The number of amides is 1. The summed E-state index contributed by atoms with van der Waals surface area (Å²) in [7, 11) is 1.66. The minimum atomic E-state index is -0.0193. The molecule has 1 saturated heterocycles. The summed E-state index contributed by atoms with van der Waals surface area (Å²) < 4.78 is 5.16. The van der Waals surface area contributed by atoms with Gasteiger partial charge >= 0.3 is 0 Å². The molecule has 1 amide bonds. The van der Waals surface area contributed by atoms with Crippen LogP contribution in [0, 0.1) is 5.92 Å². The second kappa shape index (κ2) is 8.65. The van der Waals surface area contributed by atoms with E-state index in [9.17, 15) is 4.79 Å². The number of benzene rings is 1. The van der Waals surface area contributed by atoms with Crippen LogP contribution in [0.5, 0.6) is 5.75 Å². The molecule has 0 saturated carbocycles. The summed E-state index contributed by atoms with van der Waals surface area (Å²) in [4.78, 5) is 23.0. The third kappa shape index (κ3) is 4.71. The van der Waals surface area contributed by atoms with Crippen LogP contribution in [0.3, 0.4) is 0 Å². The number of hydrogen-bond donors (Lipinski definition) is 1. The fraction of sp³-hybridized carbons (Fsp3) is 0.450. The Morgan fingerprint density at radius 3 is 2.54 bits per heavy atom. The van der Waals surface area contributed by atoms with Crippen LogP contribution >= 0.6 is 0 Å². The van der Waals surface area contributed by atoms with Gasteiger partial charge in [0.25, 0.3) is 5.91 Å². The van der Waals surface area contributed by atoms with Crippen LogP contribution in [0.2, 0.25) is 0 Å². The maximum absolute atomic E-state index is 12.5. The minimum absolute atomic E-state index is 0.0193. The van der Waals surface area contributed by atoms with Gasteiger partial charge in [-0.25, -0.2) is 9.97 Å². The molecule has 2 aromatic rings. The minimum Gasteiger partial charge on any atom is -0.497 e. The van der Waals surface area contributed by atoms with E-state index in [0.29, 0.717) is 17.4 Å². The molecule has 2 heterocycles. The van der Waals surface area contributed by atoms with E-state index in [1.165, 1.54) is 5.56 Å². The number of rotatable bonds is 6. The van der Waals surface area contributed by atoms with Gasteiger partial charge in [-0.3, -0.25) is 4.79 Å². The second-order valence-corrected chi connectivity index (χ2v) is 6.79. The van der Waals surface area contributed by atoms with Gasteiger partial charge < -0.3 is 15.0 Å². The molecule has 6 nitrogen and oxygen atoms in total. The van der Waals surface area contributed by atoms with E-state index < -0.39 is 0 Å². The topological polar surface area (TPSA) is 67.3 Å². The van der Waals surface area contributed by atoms with Crippen molar-refractivity contribution in [1.29, 1.82) is 0 Å². The highest BCUT2D eigenvalue weighted by Gasteiger charge is 2.22. The summed E-state index contributed by atoms with van der Waals surface area (Å²) in [5, 5.41) is 3.24. The lowest BCUT2D eigenvalue weighted by Crippen LogP contribution is -2.38. The van der Waals surface area contributed by atoms with Crippen LogP contribution in [0.25, 0.3) is 0 Å². The van der Waals surface area contributed by atoms with Crippen LogP contribution in [-0.2, 0) is 6.42 Å². The predicted octanol–water partition coefficient (Wildman–Crippen LogP) is 3.01. The third-order valence-electron chi connectivity index (χ3n) is 4.82. The summed E-state index contributed by atoms with van der Waals surface area (Å²) in [5.41, 5.74) is 1.64. The number of nitrogens with zero attached hydrogens (tertiary/aromatic N) is 3. The Morgan fingerprint density at radius 1 is 1.19 bits per heavy atom. The van der Waals surface area contributed by atoms with Gasteiger partial charge in [0.2, 0.25) is 0 Å². The van der Waals surface area contributed by atoms with E-state index in [2.05, 4.69) is 22.2 Å². The van der Waals surface area contributed by atoms with E-state index >= 15 is 0 Å². The number of aromatic nitrogens is 2. The molecule has 138 valence electrons. The van der Waals surface area contributed by atoms with E-state index in [4.69, 9.17) is 4.74 Å². The fourth-order valence-electron chi connectivity index (χ4n) is 3.03. The lowest BCUT2D eigenvalue weighted by atomic mass is 9.99. The summed E-state index contributed by atoms with van der Waals surface area (Å²) >= 11 is 0. The number of carbonyl (C=O) groups is 1. The molecular formula is C20H26N4O2. The number of ether oxygens (including phenoxy) is 1. The van der Waals surface area contributed by atoms with Gasteiger partial charge in [0.05, 0.1) is 19.5 Å². The van der Waals surface area contributed by atoms with Crippen LogP contribution < -0.4 is 10.1 Å². The van der Waals surface area contributed by atoms with Crippen LogP contribution in [0.15, 0.2) is 36.7 Å². The number of hydrogen-bond acceptors (Lipinski definition) is 5. The van der Waals surface area contributed by atoms with Crippen molar-refractivity contribution in [2.24, 2.45) is 5.92 Å². The van der Waals surface area contributed by atoms with Gasteiger partial charge in [0.15, 0.2) is 0 Å². The first-order valence-electron chi connectivity index (χ1n) is 9.14. The number of methoxy groups -OCH3 is 1. The molecule has 1 aromatic carbocycles. The van der Waals surface area contributed by atoms with Crippen molar-refractivity contribution in [3.8, 4) is 5.75 Å². The van der Waals surface area contributed by atoms with Crippen molar-refractivity contribution < 1.29 is 9.53 Å². The molecule has 0 atom stereocenters. The van der Waals surface area contributed by atoms with E-state index in [1.54, 1.807) is 19.5 Å². The quantitative estimate of drug-likeness (QED) is 0.864. The average Bonchev–Trinajstić information content (AvgIpc) is 2.69. The normalized spacial score (nSPS) is 14.9. The molecule has 0 spiro atoms. The van der Waals surface area contributed by atoms with Gasteiger partial charge in [0.1, 0.15) is 17.3 Å². The standard InChI is InChI=1S/C20H26N4O2/c1-15-8-11-24(12-9-15)20(25)18-13-23-19(14-22-18)21-10-7-16-3-5-17(26-2)6-4-16/h3-6,13-15H,7-12H2,1-2H3,(H,21,23). The first-order valence-corrected chi connectivity index (χ1v) is 9.14. The molecule has 3 rings (SSSR count). The largest absolute Gasteiger partial charge is 0.497 e. The first kappa shape index (κ1) is 18.2. The van der Waals surface area contributed by atoms with Crippen LogP contribution in [0.4, 0.5) is 5.82 Å². The highest BCUT2D eigenvalue weighted by Crippen LogP contribution is 2.17. The summed E-state index contributed by atoms with van der Waals surface area (Å²) in [6.45, 7) is 4.60. The SMILES string of the molecule is COc1ccc(CCNc2cnc(C(=O)N3CCC(C)CC3)cn2)cc1. The molecule has 1 aromatic heterocycles. The molecule has 1 fully saturated rings. The van der Waals surface area contributed by atoms with E-state index in [-0.39, 0.29) is 5.91 Å². The van der Waals surface area contributed by atoms with Crippen molar-refractivity contribution in [3.63, 3.8) is 0 Å². The van der Waals surface area contributed by atoms with Crippen molar-refractivity contribution in [2.45, 2.75) is 26.2 Å². The third-order valence-corrected chi connectivity index (χ3v) is 4.82. The number of anilines is 1. The molecule has 1 N–H and O–H groups in total. The Balaban J connectivity index is 1.48. The van der Waals surface area contributed by atoms with Gasteiger partial charge in [-0.05, 0) is 42.9 Å². The van der Waals surface area contributed by atoms with Gasteiger partial charge in [-0.1, -0.05) is 19.1 Å². The van der Waals surface area contributed by atoms with Gasteiger partial charge in [0, 0.05) is 19.6 Å². The molecule has 0 radical (unpaired) electrons. The monoisotopic (exact) mass is 354 g/mol. The lowest BCUT2D eigenvalue weighted by Gasteiger charge is -2.29. The predicted molar refractivity (Wildman–Crippen MR) is 102 cm³/mol. The Morgan fingerprint density at radius 2 is 1.92 bits per heavy atom. The summed E-state index contributed by atoms with van der Waals surface area (Å²) in [6.07, 6.45) is 6.19. The fourth-order valence-corrected chi connectivity index (χ4v) is 3.03. The zero-order valence-corrected chi connectivity index (χ0v) is 15.4. The highest BCUT2D eigenvalue weighted by molar-refractivity contribution is 5.92. The smallest absolute Gasteiger partial charge is 0.274 e. The first-order chi connectivity index (χ1) is 12.7. The van der Waals surface area contributed by atoms with Crippen molar-refractivity contribution >= 4 is 11.7 Å². The Bertz CT molecular complexity index is 708. The zero-order chi connectivity index (χ0) is 18.4. The zero-order valence-electron chi connectivity index (χ0n) is 15.4. The second-order valence-electron chi connectivity index (χ2n) is 6.79. The maximum atomic E-state index is 12.5. The molecule has 6 heteroatoms. The average molecular weight is 354 g/mol. The van der Waals surface area contributed by atoms with Crippen molar-refractivity contribution in [3.05, 3.63) is 47.9 Å². The molecule has 26 heavy (non-hydrogen) atoms. The molecular weight excluding hydrogens is 328 g/mol. The Hall–Kier alpha value is -2.63. The summed E-state index contributed by atoms with van der Waals surface area (Å²) in [5.74, 6) is 2.22. The van der Waals surface area contributed by atoms with E-state index in [0.717, 1.165) is 44.6 Å². The van der Waals surface area contributed by atoms with Crippen LogP contribution in [-0.4, -0.2) is 47.5 Å². The Kier molecular flexibility index (Phi) is 6.04.